The van der Waals surface area contributed by atoms with Crippen LogP contribution in [0, 0.1) is 40.4 Å². The second kappa shape index (κ2) is 8.62. The zero-order chi connectivity index (χ0) is 24.3. The van der Waals surface area contributed by atoms with Crippen molar-refractivity contribution in [1.29, 1.82) is 0 Å². The highest BCUT2D eigenvalue weighted by Crippen LogP contribution is 2.68. The highest BCUT2D eigenvalue weighted by atomic mass is 16.5. The molecule has 188 valence electrons. The molecule has 0 spiro atoms. The van der Waals surface area contributed by atoms with Crippen molar-refractivity contribution in [2.45, 2.75) is 77.2 Å². The summed E-state index contributed by atoms with van der Waals surface area (Å²) in [6.07, 6.45) is 9.96. The molecule has 1 aromatic carbocycles. The molecule has 8 atom stereocenters. The fourth-order valence-corrected chi connectivity index (χ4v) is 9.34. The van der Waals surface area contributed by atoms with Crippen LogP contribution in [0.1, 0.15) is 82.0 Å². The second-order valence-electron chi connectivity index (χ2n) is 13.0. The summed E-state index contributed by atoms with van der Waals surface area (Å²) in [7, 11) is 5.94. The molecule has 4 aliphatic rings. The number of rotatable bonds is 5. The largest absolute Gasteiger partial charge is 0.390 e. The van der Waals surface area contributed by atoms with Gasteiger partial charge in [0.1, 0.15) is 0 Å². The first kappa shape index (κ1) is 24.3. The van der Waals surface area contributed by atoms with Crippen LogP contribution in [0.5, 0.6) is 0 Å². The molecule has 0 radical (unpaired) electrons. The quantitative estimate of drug-likeness (QED) is 0.542. The van der Waals surface area contributed by atoms with E-state index in [1.807, 2.05) is 40.3 Å². The predicted octanol–water partition coefficient (Wildman–Crippen LogP) is 5.97. The van der Waals surface area contributed by atoms with Gasteiger partial charge in [0.25, 0.3) is 0 Å². The lowest BCUT2D eigenvalue weighted by atomic mass is 9.43. The lowest BCUT2D eigenvalue weighted by molar-refractivity contribution is -0.173. The van der Waals surface area contributed by atoms with E-state index in [9.17, 15) is 9.90 Å². The Labute approximate surface area is 206 Å². The molecule has 0 amide bonds. The van der Waals surface area contributed by atoms with Gasteiger partial charge in [-0.2, -0.15) is 0 Å². The first-order chi connectivity index (χ1) is 16.1. The minimum absolute atomic E-state index is 0.111. The van der Waals surface area contributed by atoms with Crippen molar-refractivity contribution in [2.24, 2.45) is 40.4 Å². The lowest BCUT2D eigenvalue weighted by Crippen LogP contribution is -2.58. The normalized spacial score (nSPS) is 43.5. The molecule has 34 heavy (non-hydrogen) atoms. The van der Waals surface area contributed by atoms with Crippen molar-refractivity contribution in [1.82, 2.24) is 0 Å². The van der Waals surface area contributed by atoms with Crippen LogP contribution in [-0.4, -0.2) is 44.3 Å². The molecule has 4 heteroatoms. The third-order valence-electron chi connectivity index (χ3n) is 11.1. The van der Waals surface area contributed by atoms with Gasteiger partial charge in [-0.25, -0.2) is 0 Å². The molecule has 0 heterocycles. The zero-order valence-electron chi connectivity index (χ0n) is 22.0. The van der Waals surface area contributed by atoms with E-state index in [-0.39, 0.29) is 16.7 Å². The van der Waals surface area contributed by atoms with Gasteiger partial charge in [0.15, 0.2) is 5.78 Å². The summed E-state index contributed by atoms with van der Waals surface area (Å²) in [5, 5.41) is 10.9. The molecule has 0 saturated heterocycles. The van der Waals surface area contributed by atoms with E-state index in [0.29, 0.717) is 29.5 Å². The number of benzene rings is 1. The molecule has 4 nitrogen and oxygen atoms in total. The van der Waals surface area contributed by atoms with E-state index in [4.69, 9.17) is 4.74 Å². The van der Waals surface area contributed by atoms with Crippen molar-refractivity contribution in [2.75, 3.05) is 32.7 Å². The zero-order valence-corrected chi connectivity index (χ0v) is 22.0. The number of ketones is 1. The first-order valence-electron chi connectivity index (χ1n) is 13.6. The van der Waals surface area contributed by atoms with E-state index in [2.05, 4.69) is 24.0 Å². The number of fused-ring (bicyclic) bond motifs is 5. The molecule has 4 aliphatic carbocycles. The maximum absolute atomic E-state index is 13.8. The summed E-state index contributed by atoms with van der Waals surface area (Å²) in [6.45, 7) is 5.31. The van der Waals surface area contributed by atoms with E-state index in [1.165, 1.54) is 25.7 Å². The number of hydrogen-bond acceptors (Lipinski definition) is 4. The van der Waals surface area contributed by atoms with Crippen LogP contribution in [0.4, 0.5) is 5.69 Å². The fourth-order valence-electron chi connectivity index (χ4n) is 9.34. The minimum atomic E-state index is -0.523. The van der Waals surface area contributed by atoms with Gasteiger partial charge in [-0.15, -0.1) is 0 Å². The van der Waals surface area contributed by atoms with Gasteiger partial charge in [0.05, 0.1) is 12.2 Å². The predicted molar refractivity (Wildman–Crippen MR) is 137 cm³/mol. The molecular weight excluding hydrogens is 422 g/mol. The number of ether oxygens (including phenoxy) is 1. The van der Waals surface area contributed by atoms with Crippen LogP contribution in [0.3, 0.4) is 0 Å². The molecule has 4 fully saturated rings. The van der Waals surface area contributed by atoms with E-state index in [0.717, 1.165) is 50.0 Å². The monoisotopic (exact) mass is 467 g/mol. The molecular formula is C30H45NO3. The van der Waals surface area contributed by atoms with Gasteiger partial charge in [0.2, 0.25) is 0 Å². The van der Waals surface area contributed by atoms with Crippen molar-refractivity contribution in [3.05, 3.63) is 29.8 Å². The van der Waals surface area contributed by atoms with E-state index < -0.39 is 5.60 Å². The Morgan fingerprint density at radius 3 is 2.41 bits per heavy atom. The Kier molecular flexibility index (Phi) is 6.16. The van der Waals surface area contributed by atoms with Crippen LogP contribution in [-0.2, 0) is 4.74 Å². The Balaban J connectivity index is 1.39. The highest BCUT2D eigenvalue weighted by molar-refractivity contribution is 5.98. The number of anilines is 1. The van der Waals surface area contributed by atoms with Gasteiger partial charge in [-0.05, 0) is 123 Å². The maximum atomic E-state index is 13.8. The van der Waals surface area contributed by atoms with Crippen LogP contribution in [0.25, 0.3) is 0 Å². The minimum Gasteiger partial charge on any atom is -0.390 e. The Morgan fingerprint density at radius 2 is 1.74 bits per heavy atom. The third kappa shape index (κ3) is 3.75. The third-order valence-corrected chi connectivity index (χ3v) is 11.1. The molecule has 1 N–H and O–H groups in total. The topological polar surface area (TPSA) is 49.8 Å². The summed E-state index contributed by atoms with van der Waals surface area (Å²) in [6, 6.07) is 8.22. The van der Waals surface area contributed by atoms with Crippen molar-refractivity contribution in [3.63, 3.8) is 0 Å². The Morgan fingerprint density at radius 1 is 1.00 bits per heavy atom. The number of methoxy groups -OCH3 is 1. The number of nitrogens with zero attached hydrogens (tertiary/aromatic N) is 1. The molecule has 0 unspecified atom stereocenters. The highest BCUT2D eigenvalue weighted by Gasteiger charge is 2.63. The number of Topliss-reactive ketones (excluding diaryl/α,β-unsaturated/α-hetero) is 1. The standard InChI is InChI=1S/C30H45NO3/c1-28(33)16-17-30(19-34-5)21(18-28)8-11-23-24-12-13-26(29(24,2)15-14-25(23)30)27(32)20-6-9-22(10-7-20)31(3)4/h6-7,9-10,21,23-26,33H,8,11-19H2,1-5H3/t21-,23-,24-,25-,26+,28+,29-,30+/m0/s1. The van der Waals surface area contributed by atoms with E-state index >= 15 is 0 Å². The molecule has 5 rings (SSSR count). The number of aliphatic hydroxyl groups is 1. The van der Waals surface area contributed by atoms with Crippen LogP contribution in [0.2, 0.25) is 0 Å². The maximum Gasteiger partial charge on any atom is 0.166 e. The summed E-state index contributed by atoms with van der Waals surface area (Å²) in [5.74, 6) is 3.08. The second-order valence-corrected chi connectivity index (χ2v) is 13.0. The van der Waals surface area contributed by atoms with Crippen LogP contribution >= 0.6 is 0 Å². The average molecular weight is 468 g/mol. The molecule has 0 bridgehead atoms. The SMILES string of the molecule is COC[C@]12CC[C@@](C)(O)C[C@@H]1CC[C@H]1[C@@H]3CC[C@H](C(=O)c4ccc(N(C)C)cc4)[C@@]3(C)CC[C@@H]12. The van der Waals surface area contributed by atoms with Crippen LogP contribution in [0.15, 0.2) is 24.3 Å². The number of carbonyl (C=O) groups is 1. The molecule has 1 aromatic rings. The summed E-state index contributed by atoms with van der Waals surface area (Å²) < 4.78 is 5.90. The fraction of sp³-hybridized carbons (Fsp3) is 0.767. The van der Waals surface area contributed by atoms with Gasteiger partial charge >= 0.3 is 0 Å². The summed E-state index contributed by atoms with van der Waals surface area (Å²) in [4.78, 5) is 15.8. The average Bonchev–Trinajstić information content (AvgIpc) is 3.16. The van der Waals surface area contributed by atoms with Crippen molar-refractivity contribution < 1.29 is 14.6 Å². The smallest absolute Gasteiger partial charge is 0.166 e. The number of hydrogen-bond donors (Lipinski definition) is 1. The van der Waals surface area contributed by atoms with Crippen LogP contribution < -0.4 is 4.90 Å². The lowest BCUT2D eigenvalue weighted by Gasteiger charge is -2.62. The van der Waals surface area contributed by atoms with Gasteiger partial charge in [-0.1, -0.05) is 6.92 Å². The molecule has 0 aromatic heterocycles. The molecule has 4 saturated carbocycles. The van der Waals surface area contributed by atoms with Gasteiger partial charge in [-0.3, -0.25) is 4.79 Å². The van der Waals surface area contributed by atoms with E-state index in [1.54, 1.807) is 0 Å². The van der Waals surface area contributed by atoms with Gasteiger partial charge in [0, 0.05) is 38.4 Å². The number of carbonyl (C=O) groups excluding carboxylic acids is 1. The van der Waals surface area contributed by atoms with Crippen molar-refractivity contribution >= 4 is 11.5 Å². The Bertz CT molecular complexity index is 908. The summed E-state index contributed by atoms with van der Waals surface area (Å²) >= 11 is 0. The summed E-state index contributed by atoms with van der Waals surface area (Å²) in [5.41, 5.74) is 1.82. The molecule has 0 aliphatic heterocycles. The Hall–Kier alpha value is -1.39. The van der Waals surface area contributed by atoms with Gasteiger partial charge < -0.3 is 14.7 Å². The first-order valence-corrected chi connectivity index (χ1v) is 13.6. The van der Waals surface area contributed by atoms with Crippen molar-refractivity contribution in [3.8, 4) is 0 Å².